The number of aromatic nitrogens is 4. The van der Waals surface area contributed by atoms with Crippen LogP contribution in [0.4, 0.5) is 0 Å². The summed E-state index contributed by atoms with van der Waals surface area (Å²) in [4.78, 5) is 12.8. The van der Waals surface area contributed by atoms with Gasteiger partial charge in [-0.2, -0.15) is 0 Å². The number of benzene rings is 1. The van der Waals surface area contributed by atoms with Gasteiger partial charge in [-0.05, 0) is 18.9 Å². The molecule has 0 aliphatic carbocycles. The summed E-state index contributed by atoms with van der Waals surface area (Å²) in [5, 5.41) is 1.15. The third-order valence-corrected chi connectivity index (χ3v) is 6.52. The van der Waals surface area contributed by atoms with Gasteiger partial charge in [0.05, 0.1) is 17.8 Å². The highest BCUT2D eigenvalue weighted by Gasteiger charge is 2.29. The quantitative estimate of drug-likeness (QED) is 0.503. The first-order valence-electron chi connectivity index (χ1n) is 9.62. The number of rotatable bonds is 5. The monoisotopic (exact) mass is 377 g/mol. The molecular weight excluding hydrogens is 354 g/mol. The maximum absolute atomic E-state index is 5.01. The van der Waals surface area contributed by atoms with Crippen molar-refractivity contribution < 1.29 is 0 Å². The van der Waals surface area contributed by atoms with Crippen molar-refractivity contribution in [1.82, 2.24) is 23.8 Å². The molecule has 4 aromatic rings. The second kappa shape index (κ2) is 7.02. The number of imidazole rings is 1. The largest absolute Gasteiger partial charge is 0.346 e. The Morgan fingerprint density at radius 2 is 2.11 bits per heavy atom. The van der Waals surface area contributed by atoms with Crippen LogP contribution in [-0.2, 0) is 0 Å². The molecule has 6 heteroatoms. The molecule has 0 spiro atoms. The molecule has 1 aliphatic heterocycles. The minimum absolute atomic E-state index is 0.426. The predicted octanol–water partition coefficient (Wildman–Crippen LogP) is 4.88. The molecule has 0 amide bonds. The van der Waals surface area contributed by atoms with Crippen LogP contribution in [0.3, 0.4) is 0 Å². The van der Waals surface area contributed by atoms with Crippen LogP contribution in [0, 0.1) is 0 Å². The van der Waals surface area contributed by atoms with Gasteiger partial charge in [-0.1, -0.05) is 49.2 Å². The molecule has 0 saturated carbocycles. The van der Waals surface area contributed by atoms with E-state index in [1.54, 1.807) is 0 Å². The summed E-state index contributed by atoms with van der Waals surface area (Å²) in [5.41, 5.74) is 4.27. The van der Waals surface area contributed by atoms with E-state index in [0.29, 0.717) is 6.04 Å². The van der Waals surface area contributed by atoms with Gasteiger partial charge in [0.15, 0.2) is 0 Å². The minimum atomic E-state index is 0.426. The number of nitrogens with one attached hydrogen (secondary N) is 1. The van der Waals surface area contributed by atoms with E-state index in [4.69, 9.17) is 4.98 Å². The molecule has 0 bridgehead atoms. The Hall–Kier alpha value is -2.31. The van der Waals surface area contributed by atoms with Crippen LogP contribution >= 0.6 is 11.9 Å². The molecule has 0 radical (unpaired) electrons. The van der Waals surface area contributed by atoms with Crippen molar-refractivity contribution in [2.45, 2.75) is 25.8 Å². The first-order chi connectivity index (χ1) is 13.3. The van der Waals surface area contributed by atoms with E-state index in [9.17, 15) is 0 Å². The zero-order chi connectivity index (χ0) is 18.2. The molecule has 1 atom stereocenters. The fraction of sp³-hybridized carbons (Fsp3) is 0.333. The molecule has 5 rings (SSSR count). The predicted molar refractivity (Wildman–Crippen MR) is 113 cm³/mol. The fourth-order valence-corrected chi connectivity index (χ4v) is 4.95. The van der Waals surface area contributed by atoms with Crippen LogP contribution in [-0.4, -0.2) is 42.7 Å². The average molecular weight is 378 g/mol. The number of hydrogen-bond donors (Lipinski definition) is 1. The van der Waals surface area contributed by atoms with E-state index in [2.05, 4.69) is 62.2 Å². The average Bonchev–Trinajstić information content (AvgIpc) is 3.43. The van der Waals surface area contributed by atoms with E-state index in [-0.39, 0.29) is 0 Å². The van der Waals surface area contributed by atoms with Crippen LogP contribution in [0.25, 0.3) is 33.5 Å². The van der Waals surface area contributed by atoms with Crippen molar-refractivity contribution in [2.24, 2.45) is 0 Å². The summed E-state index contributed by atoms with van der Waals surface area (Å²) in [6.07, 6.45) is 6.23. The Labute approximate surface area is 162 Å². The third kappa shape index (κ3) is 2.93. The Kier molecular flexibility index (Phi) is 4.38. The molecule has 3 aromatic heterocycles. The minimum Gasteiger partial charge on any atom is -0.346 e. The van der Waals surface area contributed by atoms with Gasteiger partial charge in [-0.15, -0.1) is 0 Å². The molecule has 1 saturated heterocycles. The highest BCUT2D eigenvalue weighted by Crippen LogP contribution is 2.36. The number of aromatic amines is 1. The summed E-state index contributed by atoms with van der Waals surface area (Å²) in [6, 6.07) is 13.1. The number of hydrogen-bond acceptors (Lipinski definition) is 4. The van der Waals surface area contributed by atoms with Gasteiger partial charge in [-0.25, -0.2) is 14.3 Å². The molecular formula is C21H23N5S. The lowest BCUT2D eigenvalue weighted by Gasteiger charge is -2.18. The summed E-state index contributed by atoms with van der Waals surface area (Å²) in [5.74, 6) is 2.24. The van der Waals surface area contributed by atoms with Gasteiger partial charge in [0.25, 0.3) is 0 Å². The zero-order valence-electron chi connectivity index (χ0n) is 15.4. The number of fused-ring (bicyclic) bond motifs is 3. The number of nitrogens with zero attached hydrogens (tertiary/aromatic N) is 4. The number of H-pyrrole nitrogens is 1. The van der Waals surface area contributed by atoms with Crippen LogP contribution in [0.2, 0.25) is 0 Å². The van der Waals surface area contributed by atoms with E-state index >= 15 is 0 Å². The second-order valence-electron chi connectivity index (χ2n) is 7.07. The smallest absolute Gasteiger partial charge is 0.141 e. The van der Waals surface area contributed by atoms with Crippen LogP contribution in [0.1, 0.15) is 25.8 Å². The molecule has 27 heavy (non-hydrogen) atoms. The fourth-order valence-electron chi connectivity index (χ4n) is 4.00. The maximum atomic E-state index is 5.01. The van der Waals surface area contributed by atoms with Gasteiger partial charge in [0, 0.05) is 36.0 Å². The van der Waals surface area contributed by atoms with Crippen molar-refractivity contribution in [3.63, 3.8) is 0 Å². The van der Waals surface area contributed by atoms with Gasteiger partial charge in [0.1, 0.15) is 17.0 Å². The topological polar surface area (TPSA) is 49.7 Å². The van der Waals surface area contributed by atoms with Crippen molar-refractivity contribution in [1.29, 1.82) is 0 Å². The van der Waals surface area contributed by atoms with Gasteiger partial charge in [-0.3, -0.25) is 0 Å². The van der Waals surface area contributed by atoms with Crippen molar-refractivity contribution in [3.05, 3.63) is 48.8 Å². The Balaban J connectivity index is 1.67. The first kappa shape index (κ1) is 16.8. The summed E-state index contributed by atoms with van der Waals surface area (Å²) < 4.78 is 4.99. The highest BCUT2D eigenvalue weighted by atomic mass is 32.2. The van der Waals surface area contributed by atoms with E-state index in [0.717, 1.165) is 47.4 Å². The molecule has 138 valence electrons. The Morgan fingerprint density at radius 1 is 1.22 bits per heavy atom. The molecule has 1 aliphatic rings. The Morgan fingerprint density at radius 3 is 2.96 bits per heavy atom. The first-order valence-corrected chi connectivity index (χ1v) is 10.6. The number of pyridine rings is 1. The van der Waals surface area contributed by atoms with Crippen LogP contribution < -0.4 is 0 Å². The Bertz CT molecular complexity index is 1070. The highest BCUT2D eigenvalue weighted by molar-refractivity contribution is 7.97. The molecule has 1 unspecified atom stereocenters. The standard InChI is InChI=1S/C21H23N5S/c1-2-12-27-25-11-9-16(14-25)26-19-17-8-10-22-20(17)23-13-18(19)24-21(26)15-6-4-3-5-7-15/h3-8,10,13,16H,2,9,11-12,14H2,1H3,(H,22,23). The van der Waals surface area contributed by atoms with Crippen molar-refractivity contribution in [2.75, 3.05) is 18.8 Å². The normalized spacial score (nSPS) is 18.0. The molecule has 4 heterocycles. The maximum Gasteiger partial charge on any atom is 0.141 e. The molecule has 1 fully saturated rings. The lowest BCUT2D eigenvalue weighted by atomic mass is 10.1. The SMILES string of the molecule is CCCSN1CCC(n2c(-c3ccccc3)nc3cnc4[nH]ccc4c32)C1. The molecule has 1 N–H and O–H groups in total. The van der Waals surface area contributed by atoms with Gasteiger partial charge in [0.2, 0.25) is 0 Å². The van der Waals surface area contributed by atoms with E-state index in [1.165, 1.54) is 17.7 Å². The van der Waals surface area contributed by atoms with E-state index < -0.39 is 0 Å². The summed E-state index contributed by atoms with van der Waals surface area (Å²) >= 11 is 1.98. The zero-order valence-corrected chi connectivity index (χ0v) is 16.2. The molecule has 5 nitrogen and oxygen atoms in total. The second-order valence-corrected chi connectivity index (χ2v) is 8.25. The lowest BCUT2D eigenvalue weighted by molar-refractivity contribution is 0.516. The van der Waals surface area contributed by atoms with E-state index in [1.807, 2.05) is 24.3 Å². The van der Waals surface area contributed by atoms with Crippen LogP contribution in [0.15, 0.2) is 48.8 Å². The van der Waals surface area contributed by atoms with Crippen molar-refractivity contribution >= 4 is 34.0 Å². The van der Waals surface area contributed by atoms with Gasteiger partial charge < -0.3 is 9.55 Å². The van der Waals surface area contributed by atoms with Crippen molar-refractivity contribution in [3.8, 4) is 11.4 Å². The summed E-state index contributed by atoms with van der Waals surface area (Å²) in [7, 11) is 0. The third-order valence-electron chi connectivity index (χ3n) is 5.24. The van der Waals surface area contributed by atoms with Crippen LogP contribution in [0.5, 0.6) is 0 Å². The molecule has 1 aromatic carbocycles. The van der Waals surface area contributed by atoms with Gasteiger partial charge >= 0.3 is 0 Å². The lowest BCUT2D eigenvalue weighted by Crippen LogP contribution is -2.16. The summed E-state index contributed by atoms with van der Waals surface area (Å²) in [6.45, 7) is 4.43.